The van der Waals surface area contributed by atoms with Gasteiger partial charge >= 0.3 is 0 Å². The van der Waals surface area contributed by atoms with Gasteiger partial charge in [-0.05, 0) is 31.4 Å². The van der Waals surface area contributed by atoms with Crippen LogP contribution in [0.15, 0.2) is 18.2 Å². The molecule has 0 aliphatic carbocycles. The highest BCUT2D eigenvalue weighted by Gasteiger charge is 2.27. The zero-order valence-electron chi connectivity index (χ0n) is 20.0. The van der Waals surface area contributed by atoms with Gasteiger partial charge in [0.25, 0.3) is 0 Å². The van der Waals surface area contributed by atoms with E-state index in [0.29, 0.717) is 11.4 Å². The third-order valence-electron chi connectivity index (χ3n) is 6.29. The fourth-order valence-electron chi connectivity index (χ4n) is 4.46. The molecule has 3 atom stereocenters. The van der Waals surface area contributed by atoms with E-state index in [0.717, 1.165) is 0 Å². The van der Waals surface area contributed by atoms with Crippen molar-refractivity contribution in [3.63, 3.8) is 0 Å². The molecule has 2 rings (SSSR count). The van der Waals surface area contributed by atoms with Gasteiger partial charge in [-0.1, -0.05) is 6.07 Å². The van der Waals surface area contributed by atoms with Gasteiger partial charge in [-0.25, -0.2) is 0 Å². The molecule has 3 unspecified atom stereocenters. The van der Waals surface area contributed by atoms with Gasteiger partial charge in [-0.15, -0.1) is 0 Å². The summed E-state index contributed by atoms with van der Waals surface area (Å²) in [7, 11) is 0. The van der Waals surface area contributed by atoms with Crippen molar-refractivity contribution >= 4 is 17.9 Å². The Hall–Kier alpha value is -2.68. The molecular formula is C23H33N4O9-3. The molecule has 36 heavy (non-hydrogen) atoms. The van der Waals surface area contributed by atoms with E-state index < -0.39 is 55.9 Å². The molecule has 0 saturated carbocycles. The molecule has 0 spiro atoms. The summed E-state index contributed by atoms with van der Waals surface area (Å²) in [6, 6.07) is 1.53. The fraction of sp³-hybridized carbons (Fsp3) is 0.652. The standard InChI is InChI=1S/C23H36N4O9/c28-11-4-18(21(31)32)25-7-9-26(19(5-12-29)22(33)34)14-16-2-1-3-17(24-16)15-27(10-8-25)20(6-13-30)23(35)36/h1-3,18-20,28-30H,4-15H2,(H,31,32)(H,33,34)(H,35,36)/p-3. The number of carbonyl (C=O) groups excluding carboxylic acids is 3. The Morgan fingerprint density at radius 2 is 1.03 bits per heavy atom. The Morgan fingerprint density at radius 3 is 1.36 bits per heavy atom. The molecule has 1 aliphatic heterocycles. The molecule has 1 aromatic heterocycles. The molecule has 13 heteroatoms. The van der Waals surface area contributed by atoms with E-state index in [4.69, 9.17) is 0 Å². The number of hydrogen-bond donors (Lipinski definition) is 3. The van der Waals surface area contributed by atoms with Gasteiger partial charge in [0.05, 0.1) is 47.4 Å². The van der Waals surface area contributed by atoms with E-state index in [-0.39, 0.29) is 58.5 Å². The largest absolute Gasteiger partial charge is 0.548 e. The number of pyridine rings is 1. The van der Waals surface area contributed by atoms with Crippen molar-refractivity contribution in [2.45, 2.75) is 50.5 Å². The minimum absolute atomic E-state index is 0.0391. The molecule has 0 amide bonds. The Morgan fingerprint density at radius 1 is 0.694 bits per heavy atom. The first-order valence-corrected chi connectivity index (χ1v) is 11.8. The topological polar surface area (TPSA) is 204 Å². The van der Waals surface area contributed by atoms with Gasteiger partial charge in [0.1, 0.15) is 0 Å². The third-order valence-corrected chi connectivity index (χ3v) is 6.29. The highest BCUT2D eigenvalue weighted by Crippen LogP contribution is 2.16. The summed E-state index contributed by atoms with van der Waals surface area (Å²) < 4.78 is 0. The predicted octanol–water partition coefficient (Wildman–Crippen LogP) is -5.50. The maximum atomic E-state index is 11.9. The van der Waals surface area contributed by atoms with Crippen LogP contribution >= 0.6 is 0 Å². The van der Waals surface area contributed by atoms with Crippen molar-refractivity contribution in [2.75, 3.05) is 46.0 Å². The second kappa shape index (κ2) is 14.8. The highest BCUT2D eigenvalue weighted by molar-refractivity contribution is 5.72. The highest BCUT2D eigenvalue weighted by atomic mass is 16.4. The smallest absolute Gasteiger partial charge is 0.0587 e. The number of carbonyl (C=O) groups is 3. The molecule has 2 bridgehead atoms. The Labute approximate surface area is 209 Å². The zero-order chi connectivity index (χ0) is 26.7. The summed E-state index contributed by atoms with van der Waals surface area (Å²) >= 11 is 0. The minimum atomic E-state index is -1.43. The predicted molar refractivity (Wildman–Crippen MR) is 118 cm³/mol. The molecule has 202 valence electrons. The van der Waals surface area contributed by atoms with Crippen molar-refractivity contribution in [1.82, 2.24) is 19.7 Å². The van der Waals surface area contributed by atoms with Gasteiger partial charge in [0, 0.05) is 59.1 Å². The number of fused-ring (bicyclic) bond motifs is 2. The van der Waals surface area contributed by atoms with Gasteiger partial charge in [-0.2, -0.15) is 0 Å². The average Bonchev–Trinajstić information content (AvgIpc) is 2.82. The van der Waals surface area contributed by atoms with Gasteiger partial charge in [0.2, 0.25) is 0 Å². The second-order valence-electron chi connectivity index (χ2n) is 8.64. The first kappa shape index (κ1) is 29.5. The second-order valence-corrected chi connectivity index (χ2v) is 8.64. The summed E-state index contributed by atoms with van der Waals surface area (Å²) in [6.07, 6.45) is -0.361. The van der Waals surface area contributed by atoms with E-state index >= 15 is 0 Å². The van der Waals surface area contributed by atoms with Gasteiger partial charge in [-0.3, -0.25) is 19.7 Å². The maximum absolute atomic E-state index is 11.9. The van der Waals surface area contributed by atoms with Gasteiger partial charge in [0.15, 0.2) is 0 Å². The quantitative estimate of drug-likeness (QED) is 0.241. The first-order valence-electron chi connectivity index (χ1n) is 11.8. The molecule has 13 nitrogen and oxygen atoms in total. The van der Waals surface area contributed by atoms with Crippen LogP contribution in [0.4, 0.5) is 0 Å². The van der Waals surface area contributed by atoms with Crippen LogP contribution in [0.2, 0.25) is 0 Å². The minimum Gasteiger partial charge on any atom is -0.548 e. The van der Waals surface area contributed by atoms with Crippen LogP contribution in [-0.4, -0.2) is 117 Å². The van der Waals surface area contributed by atoms with Crippen molar-refractivity contribution in [1.29, 1.82) is 0 Å². The number of aliphatic carboxylic acids is 3. The molecule has 1 aliphatic rings. The molecule has 2 heterocycles. The lowest BCUT2D eigenvalue weighted by Gasteiger charge is -2.39. The van der Waals surface area contributed by atoms with Crippen molar-refractivity contribution in [3.05, 3.63) is 29.6 Å². The third kappa shape index (κ3) is 8.47. The van der Waals surface area contributed by atoms with Crippen LogP contribution in [0, 0.1) is 0 Å². The summed E-state index contributed by atoms with van der Waals surface area (Å²) in [5, 5.41) is 63.7. The van der Waals surface area contributed by atoms with E-state index in [1.54, 1.807) is 18.2 Å². The van der Waals surface area contributed by atoms with Crippen LogP contribution < -0.4 is 15.3 Å². The number of hydrogen-bond acceptors (Lipinski definition) is 13. The number of aromatic nitrogens is 1. The maximum Gasteiger partial charge on any atom is 0.0587 e. The summed E-state index contributed by atoms with van der Waals surface area (Å²) in [4.78, 5) is 44.6. The van der Waals surface area contributed by atoms with E-state index in [1.807, 2.05) is 0 Å². The SMILES string of the molecule is O=C([O-])C(CCO)N1CCN(C(CCO)C(=O)[O-])Cc2cccc(n2)CN(C(CCO)C(=O)[O-])CC1. The fourth-order valence-corrected chi connectivity index (χ4v) is 4.46. The van der Waals surface area contributed by atoms with Crippen LogP contribution in [0.1, 0.15) is 30.7 Å². The van der Waals surface area contributed by atoms with E-state index in [2.05, 4.69) is 4.98 Å². The van der Waals surface area contributed by atoms with Crippen LogP contribution in [0.3, 0.4) is 0 Å². The number of carboxylic acids is 3. The normalized spacial score (nSPS) is 19.0. The number of rotatable bonds is 12. The molecule has 0 aromatic carbocycles. The molecule has 0 radical (unpaired) electrons. The van der Waals surface area contributed by atoms with Crippen LogP contribution in [-0.2, 0) is 27.5 Å². The molecular weight excluding hydrogens is 476 g/mol. The lowest BCUT2D eigenvalue weighted by molar-refractivity contribution is -0.315. The van der Waals surface area contributed by atoms with Crippen LogP contribution in [0.5, 0.6) is 0 Å². The number of carboxylic acid groups (broad SMARTS) is 3. The monoisotopic (exact) mass is 509 g/mol. The Balaban J connectivity index is 2.50. The molecule has 3 N–H and O–H groups in total. The number of nitrogens with zero attached hydrogens (tertiary/aromatic N) is 4. The van der Waals surface area contributed by atoms with Crippen LogP contribution in [0.25, 0.3) is 0 Å². The first-order chi connectivity index (χ1) is 17.2. The lowest BCUT2D eigenvalue weighted by Crippen LogP contribution is -2.56. The Bertz CT molecular complexity index is 818. The summed E-state index contributed by atoms with van der Waals surface area (Å²) in [6.45, 7) is -0.940. The number of aliphatic hydroxyl groups is 3. The van der Waals surface area contributed by atoms with Crippen molar-refractivity contribution < 1.29 is 45.0 Å². The van der Waals surface area contributed by atoms with Gasteiger partial charge < -0.3 is 45.0 Å². The van der Waals surface area contributed by atoms with Crippen molar-refractivity contribution in [2.24, 2.45) is 0 Å². The molecule has 1 aromatic rings. The van der Waals surface area contributed by atoms with Crippen molar-refractivity contribution in [3.8, 4) is 0 Å². The molecule has 0 fully saturated rings. The lowest BCUT2D eigenvalue weighted by atomic mass is 10.1. The average molecular weight is 510 g/mol. The molecule has 0 saturated heterocycles. The summed E-state index contributed by atoms with van der Waals surface area (Å²) in [5.74, 6) is -4.21. The van der Waals surface area contributed by atoms with E-state index in [1.165, 1.54) is 14.7 Å². The zero-order valence-corrected chi connectivity index (χ0v) is 20.0. The van der Waals surface area contributed by atoms with E-state index in [9.17, 15) is 45.0 Å². The number of aliphatic hydroxyl groups excluding tert-OH is 3. The Kier molecular flexibility index (Phi) is 12.1. The summed E-state index contributed by atoms with van der Waals surface area (Å²) in [5.41, 5.74) is 0.977.